The molecule has 6 nitrogen and oxygen atoms in total. The lowest BCUT2D eigenvalue weighted by atomic mass is 10.0. The van der Waals surface area contributed by atoms with Gasteiger partial charge in [-0.15, -0.1) is 0 Å². The Morgan fingerprint density at radius 2 is 1.55 bits per heavy atom. The van der Waals surface area contributed by atoms with E-state index in [9.17, 15) is 9.59 Å². The second kappa shape index (κ2) is 10.8. The van der Waals surface area contributed by atoms with Crippen LogP contribution in [-0.4, -0.2) is 25.1 Å². The van der Waals surface area contributed by atoms with E-state index in [1.54, 1.807) is 31.4 Å². The lowest BCUT2D eigenvalue weighted by Crippen LogP contribution is -2.49. The molecule has 31 heavy (non-hydrogen) atoms. The number of hydrogen-bond acceptors (Lipinski definition) is 3. The number of hydrogen-bond donors (Lipinski definition) is 3. The predicted molar refractivity (Wildman–Crippen MR) is 122 cm³/mol. The summed E-state index contributed by atoms with van der Waals surface area (Å²) in [5.74, 6) is 0.383. The summed E-state index contributed by atoms with van der Waals surface area (Å²) in [5, 5.41) is 8.57. The fourth-order valence-corrected chi connectivity index (χ4v) is 3.22. The minimum atomic E-state index is -0.737. The lowest BCUT2D eigenvalue weighted by Gasteiger charge is -2.22. The predicted octanol–water partition coefficient (Wildman–Crippen LogP) is 4.31. The van der Waals surface area contributed by atoms with Gasteiger partial charge in [0, 0.05) is 18.2 Å². The molecule has 160 valence electrons. The summed E-state index contributed by atoms with van der Waals surface area (Å²) >= 11 is 0. The Morgan fingerprint density at radius 1 is 0.871 bits per heavy atom. The number of anilines is 1. The fourth-order valence-electron chi connectivity index (χ4n) is 3.22. The van der Waals surface area contributed by atoms with E-state index in [4.69, 9.17) is 4.74 Å². The molecular formula is C25H27N3O3. The van der Waals surface area contributed by atoms with Crippen molar-refractivity contribution in [3.63, 3.8) is 0 Å². The quantitative estimate of drug-likeness (QED) is 0.511. The van der Waals surface area contributed by atoms with Crippen LogP contribution in [0.25, 0.3) is 0 Å². The van der Waals surface area contributed by atoms with Crippen molar-refractivity contribution in [1.29, 1.82) is 0 Å². The van der Waals surface area contributed by atoms with Gasteiger partial charge in [-0.1, -0.05) is 66.7 Å². The van der Waals surface area contributed by atoms with Gasteiger partial charge in [0.05, 0.1) is 13.2 Å². The number of ether oxygens (including phenoxy) is 1. The smallest absolute Gasteiger partial charge is 0.319 e. The van der Waals surface area contributed by atoms with Gasteiger partial charge in [0.25, 0.3) is 0 Å². The first-order valence-electron chi connectivity index (χ1n) is 10.2. The largest absolute Gasteiger partial charge is 0.497 e. The van der Waals surface area contributed by atoms with Gasteiger partial charge in [-0.05, 0) is 30.2 Å². The van der Waals surface area contributed by atoms with Crippen molar-refractivity contribution in [2.75, 3.05) is 12.4 Å². The third-order valence-corrected chi connectivity index (χ3v) is 4.89. The van der Waals surface area contributed by atoms with Crippen LogP contribution in [0.15, 0.2) is 84.9 Å². The van der Waals surface area contributed by atoms with Crippen molar-refractivity contribution in [1.82, 2.24) is 10.6 Å². The van der Waals surface area contributed by atoms with Crippen LogP contribution in [0.5, 0.6) is 5.75 Å². The zero-order chi connectivity index (χ0) is 22.1. The van der Waals surface area contributed by atoms with E-state index in [0.29, 0.717) is 17.9 Å². The summed E-state index contributed by atoms with van der Waals surface area (Å²) in [6, 6.07) is 25.0. The third-order valence-electron chi connectivity index (χ3n) is 4.89. The monoisotopic (exact) mass is 417 g/mol. The Hall–Kier alpha value is -3.80. The molecule has 3 amide bonds. The number of amides is 3. The van der Waals surface area contributed by atoms with Crippen LogP contribution in [0.4, 0.5) is 10.5 Å². The number of carbonyl (C=O) groups is 2. The van der Waals surface area contributed by atoms with Crippen LogP contribution >= 0.6 is 0 Å². The normalized spacial score (nSPS) is 12.3. The van der Waals surface area contributed by atoms with Crippen LogP contribution in [0.3, 0.4) is 0 Å². The van der Waals surface area contributed by atoms with Crippen molar-refractivity contribution < 1.29 is 14.3 Å². The molecule has 0 aromatic heterocycles. The van der Waals surface area contributed by atoms with Gasteiger partial charge in [0.2, 0.25) is 5.91 Å². The molecule has 0 aliphatic heterocycles. The maximum Gasteiger partial charge on any atom is 0.319 e. The number of carbonyl (C=O) groups excluding carboxylic acids is 2. The summed E-state index contributed by atoms with van der Waals surface area (Å²) < 4.78 is 5.18. The maximum absolute atomic E-state index is 13.0. The molecule has 0 aliphatic rings. The maximum atomic E-state index is 13.0. The number of benzene rings is 3. The van der Waals surface area contributed by atoms with Crippen molar-refractivity contribution in [3.8, 4) is 5.75 Å². The van der Waals surface area contributed by atoms with Crippen LogP contribution in [0, 0.1) is 0 Å². The first kappa shape index (κ1) is 21.9. The molecule has 6 heteroatoms. The van der Waals surface area contributed by atoms with Crippen LogP contribution < -0.4 is 20.7 Å². The molecule has 0 saturated carbocycles. The Kier molecular flexibility index (Phi) is 7.65. The van der Waals surface area contributed by atoms with E-state index in [2.05, 4.69) is 16.0 Å². The minimum Gasteiger partial charge on any atom is -0.497 e. The number of urea groups is 1. The minimum absolute atomic E-state index is 0.185. The Bertz CT molecular complexity index is 993. The summed E-state index contributed by atoms with van der Waals surface area (Å²) in [5.41, 5.74) is 2.53. The summed E-state index contributed by atoms with van der Waals surface area (Å²) in [6.45, 7) is 1.92. The van der Waals surface area contributed by atoms with Crippen molar-refractivity contribution in [3.05, 3.63) is 96.1 Å². The van der Waals surface area contributed by atoms with E-state index in [0.717, 1.165) is 11.1 Å². The average Bonchev–Trinajstić information content (AvgIpc) is 2.80. The van der Waals surface area contributed by atoms with Crippen molar-refractivity contribution >= 4 is 17.6 Å². The molecule has 0 saturated heterocycles. The van der Waals surface area contributed by atoms with Crippen LogP contribution in [-0.2, 0) is 11.2 Å². The van der Waals surface area contributed by atoms with Crippen molar-refractivity contribution in [2.24, 2.45) is 0 Å². The van der Waals surface area contributed by atoms with Crippen molar-refractivity contribution in [2.45, 2.75) is 25.4 Å². The molecule has 0 radical (unpaired) electrons. The average molecular weight is 418 g/mol. The second-order valence-corrected chi connectivity index (χ2v) is 7.21. The second-order valence-electron chi connectivity index (χ2n) is 7.21. The molecule has 3 rings (SSSR count). The van der Waals surface area contributed by atoms with Gasteiger partial charge in [0.1, 0.15) is 11.8 Å². The van der Waals surface area contributed by atoms with Gasteiger partial charge < -0.3 is 20.7 Å². The molecule has 0 bridgehead atoms. The fraction of sp³-hybridized carbons (Fsp3) is 0.200. The Balaban J connectivity index is 1.70. The van der Waals surface area contributed by atoms with Gasteiger partial charge in [0.15, 0.2) is 0 Å². The lowest BCUT2D eigenvalue weighted by molar-refractivity contribution is -0.123. The zero-order valence-corrected chi connectivity index (χ0v) is 17.7. The highest BCUT2D eigenvalue weighted by atomic mass is 16.5. The van der Waals surface area contributed by atoms with Gasteiger partial charge in [-0.25, -0.2) is 4.79 Å². The van der Waals surface area contributed by atoms with Crippen LogP contribution in [0.1, 0.15) is 24.1 Å². The van der Waals surface area contributed by atoms with Crippen LogP contribution in [0.2, 0.25) is 0 Å². The molecule has 0 heterocycles. The highest BCUT2D eigenvalue weighted by molar-refractivity contribution is 5.94. The number of rotatable bonds is 8. The molecule has 3 N–H and O–H groups in total. The van der Waals surface area contributed by atoms with E-state index in [1.165, 1.54) is 0 Å². The Labute approximate surface area is 182 Å². The Morgan fingerprint density at radius 3 is 2.23 bits per heavy atom. The highest BCUT2D eigenvalue weighted by Crippen LogP contribution is 2.17. The first-order valence-corrected chi connectivity index (χ1v) is 10.2. The third kappa shape index (κ3) is 6.60. The molecule has 0 spiro atoms. The molecular weight excluding hydrogens is 390 g/mol. The molecule has 0 fully saturated rings. The SMILES string of the molecule is COc1cccc(NC(=O)NC(Cc2ccccc2)C(=O)NC(C)c2ccccc2)c1. The number of nitrogens with one attached hydrogen (secondary N) is 3. The number of methoxy groups -OCH3 is 1. The summed E-state index contributed by atoms with van der Waals surface area (Å²) in [6.07, 6.45) is 0.375. The summed E-state index contributed by atoms with van der Waals surface area (Å²) in [7, 11) is 1.56. The van der Waals surface area contributed by atoms with E-state index >= 15 is 0 Å². The molecule has 2 unspecified atom stereocenters. The summed E-state index contributed by atoms with van der Waals surface area (Å²) in [4.78, 5) is 25.7. The zero-order valence-electron chi connectivity index (χ0n) is 17.7. The standard InChI is InChI=1S/C25H27N3O3/c1-18(20-12-7-4-8-13-20)26-24(29)23(16-19-10-5-3-6-11-19)28-25(30)27-21-14-9-15-22(17-21)31-2/h3-15,17-18,23H,16H2,1-2H3,(H,26,29)(H2,27,28,30). The molecule has 2 atom stereocenters. The molecule has 0 aliphatic carbocycles. The molecule has 3 aromatic rings. The van der Waals surface area contributed by atoms with E-state index < -0.39 is 12.1 Å². The van der Waals surface area contributed by atoms with Gasteiger partial charge in [-0.2, -0.15) is 0 Å². The van der Waals surface area contributed by atoms with E-state index in [-0.39, 0.29) is 11.9 Å². The van der Waals surface area contributed by atoms with Gasteiger partial charge >= 0.3 is 6.03 Å². The first-order chi connectivity index (χ1) is 15.0. The van der Waals surface area contributed by atoms with Gasteiger partial charge in [-0.3, -0.25) is 4.79 Å². The topological polar surface area (TPSA) is 79.5 Å². The molecule has 3 aromatic carbocycles. The highest BCUT2D eigenvalue weighted by Gasteiger charge is 2.23. The van der Waals surface area contributed by atoms with E-state index in [1.807, 2.05) is 67.6 Å².